The monoisotopic (exact) mass is 233 g/mol. The number of rotatable bonds is 5. The molecule has 2 rings (SSSR count). The van der Waals surface area contributed by atoms with Gasteiger partial charge in [-0.15, -0.1) is 0 Å². The summed E-state index contributed by atoms with van der Waals surface area (Å²) in [4.78, 5) is 0. The predicted octanol–water partition coefficient (Wildman–Crippen LogP) is 3.08. The van der Waals surface area contributed by atoms with Gasteiger partial charge in [0.2, 0.25) is 0 Å². The van der Waals surface area contributed by atoms with Crippen LogP contribution in [-0.4, -0.2) is 19.8 Å². The summed E-state index contributed by atoms with van der Waals surface area (Å²) >= 11 is 0. The fraction of sp³-hybridized carbons (Fsp3) is 0.600. The first-order chi connectivity index (χ1) is 8.36. The van der Waals surface area contributed by atoms with Crippen molar-refractivity contribution in [1.29, 1.82) is 0 Å². The number of ether oxygens (including phenoxy) is 1. The molecular formula is C15H23NO. The third kappa shape index (κ3) is 2.88. The molecule has 1 aromatic carbocycles. The maximum atomic E-state index is 6.02. The zero-order chi connectivity index (χ0) is 12.1. The van der Waals surface area contributed by atoms with Gasteiger partial charge in [-0.05, 0) is 37.4 Å². The Labute approximate surface area is 104 Å². The first-order valence-electron chi connectivity index (χ1n) is 6.73. The van der Waals surface area contributed by atoms with Gasteiger partial charge in [-0.1, -0.05) is 37.6 Å². The summed E-state index contributed by atoms with van der Waals surface area (Å²) in [7, 11) is 2.03. The van der Waals surface area contributed by atoms with Crippen molar-refractivity contribution in [2.24, 2.45) is 0 Å². The molecule has 94 valence electrons. The van der Waals surface area contributed by atoms with E-state index in [1.807, 2.05) is 7.05 Å². The van der Waals surface area contributed by atoms with Crippen molar-refractivity contribution in [1.82, 2.24) is 5.32 Å². The van der Waals surface area contributed by atoms with E-state index in [1.165, 1.54) is 17.5 Å². The molecule has 2 atom stereocenters. The smallest absolute Gasteiger partial charge is 0.0772 e. The van der Waals surface area contributed by atoms with E-state index in [0.29, 0.717) is 12.1 Å². The maximum absolute atomic E-state index is 6.02. The molecule has 1 N–H and O–H groups in total. The van der Waals surface area contributed by atoms with Crippen LogP contribution in [0, 0.1) is 0 Å². The molecule has 0 aromatic heterocycles. The van der Waals surface area contributed by atoms with Crippen molar-refractivity contribution in [3.8, 4) is 0 Å². The van der Waals surface area contributed by atoms with Gasteiger partial charge in [-0.3, -0.25) is 0 Å². The molecule has 1 aromatic rings. The highest BCUT2D eigenvalue weighted by Gasteiger charge is 2.28. The quantitative estimate of drug-likeness (QED) is 0.789. The van der Waals surface area contributed by atoms with Crippen LogP contribution in [0.15, 0.2) is 24.3 Å². The average molecular weight is 233 g/mol. The van der Waals surface area contributed by atoms with E-state index < -0.39 is 0 Å². The van der Waals surface area contributed by atoms with Crippen LogP contribution >= 0.6 is 0 Å². The van der Waals surface area contributed by atoms with Crippen LogP contribution in [0.3, 0.4) is 0 Å². The Balaban J connectivity index is 2.06. The number of aryl methyl sites for hydroxylation is 1. The molecule has 0 radical (unpaired) electrons. The van der Waals surface area contributed by atoms with Crippen molar-refractivity contribution in [3.05, 3.63) is 35.4 Å². The van der Waals surface area contributed by atoms with Crippen LogP contribution in [0.2, 0.25) is 0 Å². The van der Waals surface area contributed by atoms with Crippen molar-refractivity contribution in [2.45, 2.75) is 44.8 Å². The molecule has 0 heterocycles. The van der Waals surface area contributed by atoms with Gasteiger partial charge in [-0.2, -0.15) is 0 Å². The van der Waals surface area contributed by atoms with Gasteiger partial charge in [0.15, 0.2) is 0 Å². The summed E-state index contributed by atoms with van der Waals surface area (Å²) in [5.74, 6) is 0. The zero-order valence-corrected chi connectivity index (χ0v) is 10.9. The molecular weight excluding hydrogens is 210 g/mol. The predicted molar refractivity (Wildman–Crippen MR) is 71.2 cm³/mol. The van der Waals surface area contributed by atoms with Gasteiger partial charge >= 0.3 is 0 Å². The number of unbranched alkanes of at least 4 members (excludes halogenated alkanes) is 1. The molecule has 0 aliphatic heterocycles. The molecule has 2 heteroatoms. The Bertz CT molecular complexity index is 351. The van der Waals surface area contributed by atoms with Gasteiger partial charge in [0.1, 0.15) is 0 Å². The van der Waals surface area contributed by atoms with E-state index in [9.17, 15) is 0 Å². The molecule has 0 amide bonds. The van der Waals surface area contributed by atoms with Crippen molar-refractivity contribution < 1.29 is 4.74 Å². The van der Waals surface area contributed by atoms with Crippen LogP contribution in [0.4, 0.5) is 0 Å². The summed E-state index contributed by atoms with van der Waals surface area (Å²) < 4.78 is 6.02. The Morgan fingerprint density at radius 3 is 2.94 bits per heavy atom. The highest BCUT2D eigenvalue weighted by molar-refractivity contribution is 5.33. The molecule has 1 aliphatic carbocycles. The number of fused-ring (bicyclic) bond motifs is 1. The normalized spacial score (nSPS) is 23.4. The van der Waals surface area contributed by atoms with E-state index in [2.05, 4.69) is 36.5 Å². The van der Waals surface area contributed by atoms with Crippen molar-refractivity contribution in [3.63, 3.8) is 0 Å². The average Bonchev–Trinajstić information content (AvgIpc) is 2.38. The maximum Gasteiger partial charge on any atom is 0.0772 e. The highest BCUT2D eigenvalue weighted by Crippen LogP contribution is 2.31. The lowest BCUT2D eigenvalue weighted by atomic mass is 9.85. The molecule has 0 fully saturated rings. The minimum atomic E-state index is 0.335. The first-order valence-corrected chi connectivity index (χ1v) is 6.73. The second-order valence-electron chi connectivity index (χ2n) is 4.77. The van der Waals surface area contributed by atoms with E-state index in [1.54, 1.807) is 0 Å². The second kappa shape index (κ2) is 6.18. The van der Waals surface area contributed by atoms with Crippen LogP contribution in [0.5, 0.6) is 0 Å². The van der Waals surface area contributed by atoms with Gasteiger partial charge < -0.3 is 10.1 Å². The summed E-state index contributed by atoms with van der Waals surface area (Å²) in [6.45, 7) is 3.09. The second-order valence-corrected chi connectivity index (χ2v) is 4.77. The van der Waals surface area contributed by atoms with Crippen LogP contribution < -0.4 is 5.32 Å². The molecule has 2 nitrogen and oxygen atoms in total. The lowest BCUT2D eigenvalue weighted by molar-refractivity contribution is 0.0160. The third-order valence-electron chi connectivity index (χ3n) is 3.60. The summed E-state index contributed by atoms with van der Waals surface area (Å²) in [5.41, 5.74) is 2.89. The lowest BCUT2D eigenvalue weighted by Crippen LogP contribution is -2.36. The van der Waals surface area contributed by atoms with Gasteiger partial charge in [0.25, 0.3) is 0 Å². The highest BCUT2D eigenvalue weighted by atomic mass is 16.5. The number of hydrogen-bond acceptors (Lipinski definition) is 2. The van der Waals surface area contributed by atoms with E-state index in [-0.39, 0.29) is 0 Å². The fourth-order valence-electron chi connectivity index (χ4n) is 2.63. The molecule has 1 aliphatic rings. The number of benzene rings is 1. The topological polar surface area (TPSA) is 21.3 Å². The molecule has 0 saturated heterocycles. The largest absolute Gasteiger partial charge is 0.376 e. The summed E-state index contributed by atoms with van der Waals surface area (Å²) in [6, 6.07) is 9.08. The van der Waals surface area contributed by atoms with E-state index in [4.69, 9.17) is 4.74 Å². The van der Waals surface area contributed by atoms with E-state index >= 15 is 0 Å². The minimum Gasteiger partial charge on any atom is -0.376 e. The molecule has 2 unspecified atom stereocenters. The lowest BCUT2D eigenvalue weighted by Gasteiger charge is -2.33. The molecule has 0 bridgehead atoms. The van der Waals surface area contributed by atoms with Gasteiger partial charge in [0.05, 0.1) is 12.1 Å². The standard InChI is InChI=1S/C15H23NO/c1-3-4-11-17-14-10-9-12-7-5-6-8-13(12)15(14)16-2/h5-8,14-16H,3-4,9-11H2,1-2H3. The van der Waals surface area contributed by atoms with Gasteiger partial charge in [-0.25, -0.2) is 0 Å². The fourth-order valence-corrected chi connectivity index (χ4v) is 2.63. The van der Waals surface area contributed by atoms with Gasteiger partial charge in [0, 0.05) is 6.61 Å². The minimum absolute atomic E-state index is 0.335. The third-order valence-corrected chi connectivity index (χ3v) is 3.60. The Hall–Kier alpha value is -0.860. The molecule has 0 saturated carbocycles. The number of nitrogens with one attached hydrogen (secondary N) is 1. The Morgan fingerprint density at radius 1 is 1.35 bits per heavy atom. The van der Waals surface area contributed by atoms with Crippen LogP contribution in [-0.2, 0) is 11.2 Å². The summed E-state index contributed by atoms with van der Waals surface area (Å²) in [6.07, 6.45) is 4.97. The van der Waals surface area contributed by atoms with Crippen LogP contribution in [0.25, 0.3) is 0 Å². The SMILES string of the molecule is CCCCOC1CCc2ccccc2C1NC. The zero-order valence-electron chi connectivity index (χ0n) is 10.9. The van der Waals surface area contributed by atoms with Crippen molar-refractivity contribution >= 4 is 0 Å². The van der Waals surface area contributed by atoms with Crippen molar-refractivity contribution in [2.75, 3.05) is 13.7 Å². The number of hydrogen-bond donors (Lipinski definition) is 1. The molecule has 0 spiro atoms. The molecule has 17 heavy (non-hydrogen) atoms. The Morgan fingerprint density at radius 2 is 2.18 bits per heavy atom. The Kier molecular flexibility index (Phi) is 4.57. The number of likely N-dealkylation sites (N-methyl/N-ethyl adjacent to an activating group) is 1. The summed E-state index contributed by atoms with van der Waals surface area (Å²) in [5, 5.41) is 3.41. The van der Waals surface area contributed by atoms with E-state index in [0.717, 1.165) is 25.9 Å². The van der Waals surface area contributed by atoms with Crippen LogP contribution in [0.1, 0.15) is 43.4 Å². The first kappa shape index (κ1) is 12.6.